The molecule has 1 saturated heterocycles. The Labute approximate surface area is 152 Å². The molecule has 128 valence electrons. The molecule has 0 aromatic heterocycles. The van der Waals surface area contributed by atoms with Crippen molar-refractivity contribution in [1.82, 2.24) is 10.6 Å². The van der Waals surface area contributed by atoms with E-state index in [0.29, 0.717) is 23.5 Å². The van der Waals surface area contributed by atoms with Crippen molar-refractivity contribution in [1.29, 1.82) is 0 Å². The number of fused-ring (bicyclic) bond motifs is 1. The maximum Gasteiger partial charge on any atom is 0.191 e. The van der Waals surface area contributed by atoms with Crippen molar-refractivity contribution in [3.8, 4) is 0 Å². The zero-order valence-electron chi connectivity index (χ0n) is 14.6. The Bertz CT molecular complexity index is 436. The summed E-state index contributed by atoms with van der Waals surface area (Å²) >= 11 is 0. The van der Waals surface area contributed by atoms with Crippen LogP contribution in [-0.2, 0) is 4.74 Å². The van der Waals surface area contributed by atoms with E-state index in [4.69, 9.17) is 9.73 Å². The summed E-state index contributed by atoms with van der Waals surface area (Å²) in [4.78, 5) is 4.83. The van der Waals surface area contributed by atoms with Crippen LogP contribution in [0.4, 0.5) is 0 Å². The van der Waals surface area contributed by atoms with E-state index in [2.05, 4.69) is 45.3 Å². The van der Waals surface area contributed by atoms with Gasteiger partial charge in [0.25, 0.3) is 0 Å². The van der Waals surface area contributed by atoms with Crippen LogP contribution in [0.15, 0.2) is 4.99 Å². The molecule has 2 aliphatic carbocycles. The van der Waals surface area contributed by atoms with Crippen LogP contribution in [0.25, 0.3) is 0 Å². The first-order chi connectivity index (χ1) is 9.86. The molecule has 5 heteroatoms. The monoisotopic (exact) mass is 421 g/mol. The van der Waals surface area contributed by atoms with Crippen LogP contribution < -0.4 is 10.6 Å². The number of nitrogens with zero attached hydrogens (tertiary/aromatic N) is 1. The maximum absolute atomic E-state index is 5.87. The number of halogens is 1. The average Bonchev–Trinajstić information content (AvgIpc) is 2.86. The predicted octanol–water partition coefficient (Wildman–Crippen LogP) is 3.02. The summed E-state index contributed by atoms with van der Waals surface area (Å²) < 4.78 is 5.87. The van der Waals surface area contributed by atoms with Crippen LogP contribution in [-0.4, -0.2) is 37.8 Å². The highest BCUT2D eigenvalue weighted by molar-refractivity contribution is 14.0. The Hall–Kier alpha value is -0.0400. The van der Waals surface area contributed by atoms with Gasteiger partial charge in [-0.25, -0.2) is 0 Å². The third-order valence-electron chi connectivity index (χ3n) is 5.92. The molecular formula is C17H32IN3O. The number of hydrogen-bond acceptors (Lipinski definition) is 2. The summed E-state index contributed by atoms with van der Waals surface area (Å²) in [5.41, 5.74) is 0.706. The second kappa shape index (κ2) is 6.46. The van der Waals surface area contributed by atoms with E-state index in [1.165, 1.54) is 12.8 Å². The van der Waals surface area contributed by atoms with E-state index in [-0.39, 0.29) is 29.4 Å². The third-order valence-corrected chi connectivity index (χ3v) is 5.92. The Morgan fingerprint density at radius 3 is 2.55 bits per heavy atom. The second-order valence-corrected chi connectivity index (χ2v) is 8.30. The lowest BCUT2D eigenvalue weighted by atomic mass is 9.57. The molecule has 22 heavy (non-hydrogen) atoms. The Morgan fingerprint density at radius 1 is 1.27 bits per heavy atom. The molecule has 2 N–H and O–H groups in total. The predicted molar refractivity (Wildman–Crippen MR) is 102 cm³/mol. The van der Waals surface area contributed by atoms with Crippen molar-refractivity contribution in [3.05, 3.63) is 0 Å². The summed E-state index contributed by atoms with van der Waals surface area (Å²) in [6.45, 7) is 14.2. The molecule has 3 aliphatic rings. The van der Waals surface area contributed by atoms with Gasteiger partial charge in [-0.2, -0.15) is 0 Å². The van der Waals surface area contributed by atoms with Gasteiger partial charge >= 0.3 is 0 Å². The van der Waals surface area contributed by atoms with Gasteiger partial charge in [0.2, 0.25) is 0 Å². The summed E-state index contributed by atoms with van der Waals surface area (Å²) in [7, 11) is 0. The zero-order valence-corrected chi connectivity index (χ0v) is 16.9. The van der Waals surface area contributed by atoms with Gasteiger partial charge in [0, 0.05) is 37.1 Å². The lowest BCUT2D eigenvalue weighted by molar-refractivity contribution is -0.106. The van der Waals surface area contributed by atoms with Crippen molar-refractivity contribution in [3.63, 3.8) is 0 Å². The fourth-order valence-corrected chi connectivity index (χ4v) is 4.17. The van der Waals surface area contributed by atoms with Gasteiger partial charge in [0.05, 0.1) is 6.10 Å². The Morgan fingerprint density at radius 2 is 1.95 bits per heavy atom. The molecule has 0 aromatic carbocycles. The van der Waals surface area contributed by atoms with Crippen LogP contribution in [0.1, 0.15) is 47.5 Å². The van der Waals surface area contributed by atoms with Gasteiger partial charge in [-0.1, -0.05) is 27.7 Å². The molecule has 4 atom stereocenters. The van der Waals surface area contributed by atoms with Crippen molar-refractivity contribution in [2.24, 2.45) is 27.7 Å². The SMILES string of the molecule is CCNC(=NCC1CC1(C)C)NC1C2CCOC2C1(C)C.I. The Kier molecular flexibility index (Phi) is 5.37. The van der Waals surface area contributed by atoms with Gasteiger partial charge in [-0.3, -0.25) is 4.99 Å². The molecule has 0 aromatic rings. The smallest absolute Gasteiger partial charge is 0.191 e. The van der Waals surface area contributed by atoms with E-state index in [0.717, 1.165) is 31.6 Å². The van der Waals surface area contributed by atoms with Gasteiger partial charge in [-0.15, -0.1) is 24.0 Å². The molecule has 0 amide bonds. The Balaban J connectivity index is 0.00000176. The largest absolute Gasteiger partial charge is 0.377 e. The molecule has 0 radical (unpaired) electrons. The minimum atomic E-state index is 0. The topological polar surface area (TPSA) is 45.7 Å². The van der Waals surface area contributed by atoms with Gasteiger partial charge in [0.1, 0.15) is 0 Å². The molecule has 3 rings (SSSR count). The van der Waals surface area contributed by atoms with E-state index < -0.39 is 0 Å². The van der Waals surface area contributed by atoms with Crippen LogP contribution >= 0.6 is 24.0 Å². The number of rotatable bonds is 4. The van der Waals surface area contributed by atoms with Crippen LogP contribution in [0.2, 0.25) is 0 Å². The summed E-state index contributed by atoms with van der Waals surface area (Å²) in [5.74, 6) is 2.40. The van der Waals surface area contributed by atoms with Gasteiger partial charge in [-0.05, 0) is 31.1 Å². The number of hydrogen-bond donors (Lipinski definition) is 2. The zero-order chi connectivity index (χ0) is 15.3. The molecule has 0 bridgehead atoms. The summed E-state index contributed by atoms with van der Waals surface area (Å²) in [5, 5.41) is 7.09. The van der Waals surface area contributed by atoms with Crippen molar-refractivity contribution in [2.45, 2.75) is 59.6 Å². The molecule has 4 unspecified atom stereocenters. The third kappa shape index (κ3) is 3.25. The van der Waals surface area contributed by atoms with Gasteiger partial charge < -0.3 is 15.4 Å². The van der Waals surface area contributed by atoms with Crippen LogP contribution in [0, 0.1) is 22.7 Å². The summed E-state index contributed by atoms with van der Waals surface area (Å²) in [6, 6.07) is 0.481. The van der Waals surface area contributed by atoms with E-state index in [1.807, 2.05) is 0 Å². The molecule has 1 heterocycles. The number of aliphatic imine (C=N–C) groups is 1. The highest BCUT2D eigenvalue weighted by atomic mass is 127. The van der Waals surface area contributed by atoms with E-state index in [1.54, 1.807) is 0 Å². The number of guanidine groups is 1. The van der Waals surface area contributed by atoms with E-state index in [9.17, 15) is 0 Å². The quantitative estimate of drug-likeness (QED) is 0.417. The number of ether oxygens (including phenoxy) is 1. The van der Waals surface area contributed by atoms with Gasteiger partial charge in [0.15, 0.2) is 5.96 Å². The molecular weight excluding hydrogens is 389 g/mol. The maximum atomic E-state index is 5.87. The molecule has 4 nitrogen and oxygen atoms in total. The molecule has 3 fully saturated rings. The highest BCUT2D eigenvalue weighted by Gasteiger charge is 2.59. The van der Waals surface area contributed by atoms with Crippen molar-refractivity contribution < 1.29 is 4.74 Å². The number of nitrogens with one attached hydrogen (secondary N) is 2. The van der Waals surface area contributed by atoms with Crippen LogP contribution in [0.3, 0.4) is 0 Å². The average molecular weight is 421 g/mol. The summed E-state index contributed by atoms with van der Waals surface area (Å²) in [6.07, 6.45) is 2.92. The minimum absolute atomic E-state index is 0. The minimum Gasteiger partial charge on any atom is -0.377 e. The molecule has 0 spiro atoms. The fraction of sp³-hybridized carbons (Fsp3) is 0.941. The normalized spacial score (nSPS) is 37.6. The molecule has 2 saturated carbocycles. The van der Waals surface area contributed by atoms with E-state index >= 15 is 0 Å². The second-order valence-electron chi connectivity index (χ2n) is 8.30. The van der Waals surface area contributed by atoms with Crippen LogP contribution in [0.5, 0.6) is 0 Å². The van der Waals surface area contributed by atoms with Crippen molar-refractivity contribution >= 4 is 29.9 Å². The lowest BCUT2D eigenvalue weighted by Crippen LogP contribution is -2.68. The first-order valence-corrected chi connectivity index (χ1v) is 8.52. The standard InChI is InChI=1S/C17H31N3O.HI/c1-6-18-15(19-10-11-9-16(11,2)3)20-13-12-7-8-21-14(12)17(13,4)5;/h11-14H,6-10H2,1-5H3,(H2,18,19,20);1H. The fourth-order valence-electron chi connectivity index (χ4n) is 4.17. The lowest BCUT2D eigenvalue weighted by Gasteiger charge is -2.54. The highest BCUT2D eigenvalue weighted by Crippen LogP contribution is 2.52. The first-order valence-electron chi connectivity index (χ1n) is 8.52. The molecule has 1 aliphatic heterocycles. The van der Waals surface area contributed by atoms with Crippen molar-refractivity contribution in [2.75, 3.05) is 19.7 Å². The first kappa shape index (κ1) is 18.3.